The maximum atomic E-state index is 11.6. The number of methoxy groups -OCH3 is 1. The van der Waals surface area contributed by atoms with Gasteiger partial charge in [-0.2, -0.15) is 0 Å². The zero-order valence-electron chi connectivity index (χ0n) is 10.7. The van der Waals surface area contributed by atoms with Crippen LogP contribution in [0.15, 0.2) is 0 Å². The molecule has 3 unspecified atom stereocenters. The van der Waals surface area contributed by atoms with Gasteiger partial charge in [0.2, 0.25) is 5.91 Å². The van der Waals surface area contributed by atoms with E-state index in [-0.39, 0.29) is 19.1 Å². The van der Waals surface area contributed by atoms with Gasteiger partial charge in [0.15, 0.2) is 0 Å². The highest BCUT2D eigenvalue weighted by atomic mass is 16.5. The fraction of sp³-hybridized carbons (Fsp3) is 0.917. The van der Waals surface area contributed by atoms with Crippen molar-refractivity contribution < 1.29 is 14.6 Å². The Hall–Kier alpha value is -0.650. The normalized spacial score (nSPS) is 30.9. The molecular weight excluding hydrogens is 220 g/mol. The molecule has 0 saturated heterocycles. The van der Waals surface area contributed by atoms with E-state index in [0.717, 1.165) is 25.7 Å². The van der Waals surface area contributed by atoms with E-state index in [1.54, 1.807) is 0 Å². The molecule has 100 valence electrons. The molecule has 5 heteroatoms. The van der Waals surface area contributed by atoms with Crippen LogP contribution in [0.2, 0.25) is 0 Å². The number of nitrogens with two attached hydrogens (primary N) is 1. The minimum absolute atomic E-state index is 0.195. The third kappa shape index (κ3) is 4.61. The third-order valence-electron chi connectivity index (χ3n) is 3.34. The molecule has 0 aliphatic heterocycles. The molecule has 0 spiro atoms. The Morgan fingerprint density at radius 3 is 3.00 bits per heavy atom. The van der Waals surface area contributed by atoms with Crippen molar-refractivity contribution in [2.24, 2.45) is 11.7 Å². The van der Waals surface area contributed by atoms with Crippen molar-refractivity contribution >= 4 is 5.91 Å². The van der Waals surface area contributed by atoms with E-state index >= 15 is 0 Å². The molecule has 1 aliphatic rings. The van der Waals surface area contributed by atoms with Crippen LogP contribution in [0, 0.1) is 5.92 Å². The van der Waals surface area contributed by atoms with E-state index in [1.165, 1.54) is 7.11 Å². The second-order valence-corrected chi connectivity index (χ2v) is 5.21. The lowest BCUT2D eigenvalue weighted by molar-refractivity contribution is -0.125. The van der Waals surface area contributed by atoms with Crippen LogP contribution in [0.3, 0.4) is 0 Å². The second-order valence-electron chi connectivity index (χ2n) is 5.21. The van der Waals surface area contributed by atoms with E-state index < -0.39 is 11.6 Å². The highest BCUT2D eigenvalue weighted by molar-refractivity contribution is 5.81. The topological polar surface area (TPSA) is 84.6 Å². The van der Waals surface area contributed by atoms with E-state index in [9.17, 15) is 9.90 Å². The molecular formula is C12H24N2O3. The summed E-state index contributed by atoms with van der Waals surface area (Å²) in [4.78, 5) is 11.6. The van der Waals surface area contributed by atoms with Crippen molar-refractivity contribution in [3.63, 3.8) is 0 Å². The lowest BCUT2D eigenvalue weighted by Gasteiger charge is -2.35. The zero-order valence-corrected chi connectivity index (χ0v) is 10.7. The monoisotopic (exact) mass is 244 g/mol. The summed E-state index contributed by atoms with van der Waals surface area (Å²) in [6.45, 7) is 2.61. The van der Waals surface area contributed by atoms with Gasteiger partial charge in [0.25, 0.3) is 0 Å². The number of hydrogen-bond donors (Lipinski definition) is 3. The molecule has 1 saturated carbocycles. The molecule has 0 aromatic heterocycles. The number of aliphatic hydroxyl groups is 1. The molecule has 5 nitrogen and oxygen atoms in total. The molecule has 0 radical (unpaired) electrons. The molecule has 17 heavy (non-hydrogen) atoms. The highest BCUT2D eigenvalue weighted by Crippen LogP contribution is 2.31. The second kappa shape index (κ2) is 6.33. The number of hydrogen-bond acceptors (Lipinski definition) is 4. The first-order chi connectivity index (χ1) is 7.97. The molecule has 1 amide bonds. The summed E-state index contributed by atoms with van der Waals surface area (Å²) in [5.41, 5.74) is 4.83. The van der Waals surface area contributed by atoms with Gasteiger partial charge in [-0.1, -0.05) is 19.8 Å². The molecule has 1 rings (SSSR count). The van der Waals surface area contributed by atoms with Crippen LogP contribution in [-0.2, 0) is 9.53 Å². The number of nitrogens with one attached hydrogen (secondary N) is 1. The van der Waals surface area contributed by atoms with Crippen molar-refractivity contribution in [1.82, 2.24) is 5.32 Å². The first-order valence-electron chi connectivity index (χ1n) is 6.21. The van der Waals surface area contributed by atoms with E-state index in [2.05, 4.69) is 12.2 Å². The van der Waals surface area contributed by atoms with Gasteiger partial charge in [-0.3, -0.25) is 4.79 Å². The first kappa shape index (κ1) is 14.4. The maximum absolute atomic E-state index is 11.6. The van der Waals surface area contributed by atoms with E-state index in [4.69, 9.17) is 10.5 Å². The Balaban J connectivity index is 2.36. The standard InChI is InChI=1S/C12H24N2O3/c1-9-4-3-5-12(16,6-9)8-14-11(15)10(13)7-17-2/h9-10,16H,3-8,13H2,1-2H3,(H,14,15). The number of carbonyl (C=O) groups is 1. The molecule has 1 fully saturated rings. The molecule has 1 aliphatic carbocycles. The first-order valence-corrected chi connectivity index (χ1v) is 6.21. The molecule has 0 aromatic carbocycles. The minimum Gasteiger partial charge on any atom is -0.388 e. The number of carbonyl (C=O) groups excluding carboxylic acids is 1. The Morgan fingerprint density at radius 1 is 1.71 bits per heavy atom. The van der Waals surface area contributed by atoms with Gasteiger partial charge in [0.05, 0.1) is 12.2 Å². The molecule has 0 bridgehead atoms. The Morgan fingerprint density at radius 2 is 2.41 bits per heavy atom. The Bertz CT molecular complexity index is 260. The smallest absolute Gasteiger partial charge is 0.239 e. The van der Waals surface area contributed by atoms with Crippen molar-refractivity contribution in [3.8, 4) is 0 Å². The van der Waals surface area contributed by atoms with Gasteiger partial charge in [-0.15, -0.1) is 0 Å². The summed E-state index contributed by atoms with van der Waals surface area (Å²) in [6, 6.07) is -0.662. The van der Waals surface area contributed by atoms with Crippen molar-refractivity contribution in [1.29, 1.82) is 0 Å². The quantitative estimate of drug-likeness (QED) is 0.636. The van der Waals surface area contributed by atoms with Crippen LogP contribution in [0.1, 0.15) is 32.6 Å². The fourth-order valence-corrected chi connectivity index (χ4v) is 2.43. The van der Waals surface area contributed by atoms with Crippen LogP contribution in [-0.4, -0.2) is 42.9 Å². The van der Waals surface area contributed by atoms with Crippen molar-refractivity contribution in [2.75, 3.05) is 20.3 Å². The summed E-state index contributed by atoms with van der Waals surface area (Å²) < 4.78 is 4.81. The molecule has 0 aromatic rings. The maximum Gasteiger partial charge on any atom is 0.239 e. The van der Waals surface area contributed by atoms with Gasteiger partial charge in [0, 0.05) is 13.7 Å². The van der Waals surface area contributed by atoms with Crippen LogP contribution in [0.4, 0.5) is 0 Å². The Kier molecular flexibility index (Phi) is 5.36. The van der Waals surface area contributed by atoms with E-state index in [1.807, 2.05) is 0 Å². The molecule has 4 N–H and O–H groups in total. The average Bonchev–Trinajstić information content (AvgIpc) is 2.26. The summed E-state index contributed by atoms with van der Waals surface area (Å²) in [5.74, 6) is 0.247. The van der Waals surface area contributed by atoms with Gasteiger partial charge >= 0.3 is 0 Å². The van der Waals surface area contributed by atoms with Crippen LogP contribution >= 0.6 is 0 Å². The predicted molar refractivity (Wildman–Crippen MR) is 65.4 cm³/mol. The number of rotatable bonds is 5. The van der Waals surface area contributed by atoms with Gasteiger partial charge in [-0.25, -0.2) is 0 Å². The predicted octanol–water partition coefficient (Wildman–Crippen LogP) is 0.0175. The van der Waals surface area contributed by atoms with E-state index in [0.29, 0.717) is 5.92 Å². The zero-order chi connectivity index (χ0) is 12.9. The largest absolute Gasteiger partial charge is 0.388 e. The number of amides is 1. The van der Waals surface area contributed by atoms with Crippen molar-refractivity contribution in [3.05, 3.63) is 0 Å². The third-order valence-corrected chi connectivity index (χ3v) is 3.34. The number of ether oxygens (including phenoxy) is 1. The van der Waals surface area contributed by atoms with Crippen LogP contribution in [0.25, 0.3) is 0 Å². The summed E-state index contributed by atoms with van der Waals surface area (Å²) >= 11 is 0. The SMILES string of the molecule is COCC(N)C(=O)NCC1(O)CCCC(C)C1. The van der Waals surface area contributed by atoms with Gasteiger partial charge in [-0.05, 0) is 18.8 Å². The molecule has 3 atom stereocenters. The van der Waals surface area contributed by atoms with Crippen LogP contribution < -0.4 is 11.1 Å². The summed E-state index contributed by atoms with van der Waals surface area (Å²) in [5, 5.41) is 13.0. The Labute approximate surface area is 103 Å². The average molecular weight is 244 g/mol. The lowest BCUT2D eigenvalue weighted by atomic mass is 9.79. The van der Waals surface area contributed by atoms with Gasteiger partial charge in [0.1, 0.15) is 6.04 Å². The summed E-state index contributed by atoms with van der Waals surface area (Å²) in [6.07, 6.45) is 3.65. The van der Waals surface area contributed by atoms with Gasteiger partial charge < -0.3 is 20.9 Å². The van der Waals surface area contributed by atoms with Crippen molar-refractivity contribution in [2.45, 2.75) is 44.2 Å². The fourth-order valence-electron chi connectivity index (χ4n) is 2.43. The summed E-state index contributed by atoms with van der Waals surface area (Å²) in [7, 11) is 1.50. The minimum atomic E-state index is -0.764. The lowest BCUT2D eigenvalue weighted by Crippen LogP contribution is -2.50. The highest BCUT2D eigenvalue weighted by Gasteiger charge is 2.33. The molecule has 0 heterocycles. The van der Waals surface area contributed by atoms with Crippen LogP contribution in [0.5, 0.6) is 0 Å².